The normalized spacial score (nSPS) is 16.6. The number of benzene rings is 1. The van der Waals surface area contributed by atoms with Gasteiger partial charge in [-0.05, 0) is 30.9 Å². The summed E-state index contributed by atoms with van der Waals surface area (Å²) in [6, 6.07) is 4.98. The van der Waals surface area contributed by atoms with Gasteiger partial charge in [0.25, 0.3) is 5.69 Å². The van der Waals surface area contributed by atoms with Gasteiger partial charge in [-0.25, -0.2) is 0 Å². The van der Waals surface area contributed by atoms with Crippen LogP contribution >= 0.6 is 11.6 Å². The largest absolute Gasteiger partial charge is 0.310 e. The average molecular weight is 269 g/mol. The lowest BCUT2D eigenvalue weighted by Crippen LogP contribution is -2.26. The third-order valence-corrected chi connectivity index (χ3v) is 3.63. The van der Waals surface area contributed by atoms with Crippen molar-refractivity contribution in [2.75, 3.05) is 0 Å². The van der Waals surface area contributed by atoms with E-state index in [-0.39, 0.29) is 5.69 Å². The van der Waals surface area contributed by atoms with Gasteiger partial charge in [0.2, 0.25) is 0 Å². The van der Waals surface area contributed by atoms with Crippen LogP contribution in [0.15, 0.2) is 18.2 Å². The first kappa shape index (κ1) is 13.3. The van der Waals surface area contributed by atoms with Crippen molar-refractivity contribution < 1.29 is 4.92 Å². The quantitative estimate of drug-likeness (QED) is 0.634. The van der Waals surface area contributed by atoms with E-state index >= 15 is 0 Å². The molecule has 1 aromatic carbocycles. The van der Waals surface area contributed by atoms with Crippen LogP contribution in [0, 0.1) is 16.0 Å². The van der Waals surface area contributed by atoms with Crippen molar-refractivity contribution in [2.24, 2.45) is 5.92 Å². The molecule has 4 nitrogen and oxygen atoms in total. The fraction of sp³-hybridized carbons (Fsp3) is 0.538. The highest BCUT2D eigenvalue weighted by atomic mass is 35.5. The second kappa shape index (κ2) is 5.67. The molecule has 98 valence electrons. The van der Waals surface area contributed by atoms with Crippen LogP contribution < -0.4 is 5.32 Å². The fourth-order valence-electron chi connectivity index (χ4n) is 2.03. The highest BCUT2D eigenvalue weighted by Crippen LogP contribution is 2.33. The number of nitrogens with one attached hydrogen (secondary N) is 1. The van der Waals surface area contributed by atoms with Gasteiger partial charge in [0.05, 0.1) is 4.92 Å². The van der Waals surface area contributed by atoms with Gasteiger partial charge in [-0.3, -0.25) is 10.1 Å². The predicted octanol–water partition coefficient (Wildman–Crippen LogP) is 3.53. The second-order valence-electron chi connectivity index (χ2n) is 4.99. The molecule has 0 aliphatic heterocycles. The van der Waals surface area contributed by atoms with Gasteiger partial charge in [0.15, 0.2) is 0 Å². The number of nitro groups is 1. The lowest BCUT2D eigenvalue weighted by Gasteiger charge is -2.13. The van der Waals surface area contributed by atoms with Gasteiger partial charge in [-0.2, -0.15) is 0 Å². The molecule has 5 heteroatoms. The van der Waals surface area contributed by atoms with Gasteiger partial charge < -0.3 is 5.32 Å². The molecular formula is C13H17ClN2O2. The van der Waals surface area contributed by atoms with Gasteiger partial charge in [-0.1, -0.05) is 24.4 Å². The molecule has 1 unspecified atom stereocenters. The highest BCUT2D eigenvalue weighted by molar-refractivity contribution is 6.31. The van der Waals surface area contributed by atoms with E-state index in [4.69, 9.17) is 11.6 Å². The molecule has 1 atom stereocenters. The summed E-state index contributed by atoms with van der Waals surface area (Å²) < 4.78 is 0. The van der Waals surface area contributed by atoms with E-state index in [0.29, 0.717) is 17.6 Å². The molecule has 1 aromatic rings. The monoisotopic (exact) mass is 268 g/mol. The molecule has 0 heterocycles. The molecule has 0 amide bonds. The van der Waals surface area contributed by atoms with Crippen molar-refractivity contribution >= 4 is 17.3 Å². The average Bonchev–Trinajstić information content (AvgIpc) is 3.11. The van der Waals surface area contributed by atoms with Crippen molar-refractivity contribution in [3.05, 3.63) is 38.9 Å². The Kier molecular flexibility index (Phi) is 4.19. The molecule has 18 heavy (non-hydrogen) atoms. The molecule has 1 saturated carbocycles. The standard InChI is InChI=1S/C13H17ClN2O2/c1-9(6-10-2-3-10)15-8-11-7-12(16(17)18)4-5-13(11)14/h4-5,7,9-10,15H,2-3,6,8H2,1H3. The molecule has 1 aliphatic carbocycles. The van der Waals surface area contributed by atoms with Crippen LogP contribution in [0.4, 0.5) is 5.69 Å². The zero-order chi connectivity index (χ0) is 13.1. The minimum atomic E-state index is -0.395. The van der Waals surface area contributed by atoms with E-state index in [1.807, 2.05) is 0 Å². The number of hydrogen-bond donors (Lipinski definition) is 1. The summed E-state index contributed by atoms with van der Waals surface area (Å²) in [7, 11) is 0. The summed E-state index contributed by atoms with van der Waals surface area (Å²) in [6.45, 7) is 2.72. The van der Waals surface area contributed by atoms with Crippen LogP contribution in [0.3, 0.4) is 0 Å². The van der Waals surface area contributed by atoms with E-state index in [2.05, 4.69) is 12.2 Å². The van der Waals surface area contributed by atoms with E-state index in [1.54, 1.807) is 12.1 Å². The Labute approximate surface area is 111 Å². The molecule has 2 rings (SSSR count). The third-order valence-electron chi connectivity index (χ3n) is 3.26. The number of hydrogen-bond acceptors (Lipinski definition) is 3. The minimum Gasteiger partial charge on any atom is -0.310 e. The molecule has 0 bridgehead atoms. The van der Waals surface area contributed by atoms with Gasteiger partial charge >= 0.3 is 0 Å². The van der Waals surface area contributed by atoms with Crippen molar-refractivity contribution in [3.63, 3.8) is 0 Å². The Bertz CT molecular complexity index is 447. The summed E-state index contributed by atoms with van der Waals surface area (Å²) in [5, 5.41) is 14.6. The van der Waals surface area contributed by atoms with Crippen molar-refractivity contribution in [1.29, 1.82) is 0 Å². The number of nitro benzene ring substituents is 1. The van der Waals surface area contributed by atoms with Crippen LogP contribution in [0.2, 0.25) is 5.02 Å². The first-order chi connectivity index (χ1) is 8.56. The van der Waals surface area contributed by atoms with Crippen LogP contribution in [0.25, 0.3) is 0 Å². The Morgan fingerprint density at radius 1 is 1.56 bits per heavy atom. The van der Waals surface area contributed by atoms with Crippen molar-refractivity contribution in [2.45, 2.75) is 38.8 Å². The Morgan fingerprint density at radius 2 is 2.28 bits per heavy atom. The Hall–Kier alpha value is -1.13. The van der Waals surface area contributed by atoms with Crippen LogP contribution in [-0.4, -0.2) is 11.0 Å². The molecule has 0 saturated heterocycles. The maximum Gasteiger partial charge on any atom is 0.269 e. The van der Waals surface area contributed by atoms with Crippen LogP contribution in [0.5, 0.6) is 0 Å². The summed E-state index contributed by atoms with van der Waals surface area (Å²) in [5.41, 5.74) is 0.875. The lowest BCUT2D eigenvalue weighted by molar-refractivity contribution is -0.384. The second-order valence-corrected chi connectivity index (χ2v) is 5.40. The number of non-ortho nitro benzene ring substituents is 1. The zero-order valence-electron chi connectivity index (χ0n) is 10.4. The highest BCUT2D eigenvalue weighted by Gasteiger charge is 2.23. The third kappa shape index (κ3) is 3.68. The maximum atomic E-state index is 10.7. The van der Waals surface area contributed by atoms with E-state index in [9.17, 15) is 10.1 Å². The topological polar surface area (TPSA) is 55.2 Å². The summed E-state index contributed by atoms with van der Waals surface area (Å²) in [6.07, 6.45) is 3.85. The minimum absolute atomic E-state index is 0.0889. The maximum absolute atomic E-state index is 10.7. The van der Waals surface area contributed by atoms with Gasteiger partial charge in [0, 0.05) is 29.7 Å². The van der Waals surface area contributed by atoms with E-state index < -0.39 is 4.92 Å². The summed E-state index contributed by atoms with van der Waals surface area (Å²) in [5.74, 6) is 0.869. The predicted molar refractivity (Wildman–Crippen MR) is 71.7 cm³/mol. The van der Waals surface area contributed by atoms with E-state index in [0.717, 1.165) is 11.5 Å². The molecule has 1 N–H and O–H groups in total. The number of rotatable bonds is 6. The van der Waals surface area contributed by atoms with Crippen molar-refractivity contribution in [1.82, 2.24) is 5.32 Å². The molecular weight excluding hydrogens is 252 g/mol. The van der Waals surface area contributed by atoms with Crippen molar-refractivity contribution in [3.8, 4) is 0 Å². The SMILES string of the molecule is CC(CC1CC1)NCc1cc([N+](=O)[O-])ccc1Cl. The molecule has 0 spiro atoms. The number of halogens is 1. The van der Waals surface area contributed by atoms with Crippen LogP contribution in [0.1, 0.15) is 31.7 Å². The Morgan fingerprint density at radius 3 is 2.89 bits per heavy atom. The van der Waals surface area contributed by atoms with Crippen LogP contribution in [-0.2, 0) is 6.54 Å². The van der Waals surface area contributed by atoms with E-state index in [1.165, 1.54) is 25.3 Å². The Balaban J connectivity index is 1.94. The smallest absolute Gasteiger partial charge is 0.269 e. The van der Waals surface area contributed by atoms with Gasteiger partial charge in [0.1, 0.15) is 0 Å². The first-order valence-corrected chi connectivity index (χ1v) is 6.60. The summed E-state index contributed by atoms with van der Waals surface area (Å²) >= 11 is 6.04. The molecule has 1 fully saturated rings. The first-order valence-electron chi connectivity index (χ1n) is 6.22. The number of nitrogens with zero attached hydrogens (tertiary/aromatic N) is 1. The molecule has 1 aliphatic rings. The lowest BCUT2D eigenvalue weighted by atomic mass is 10.1. The molecule has 0 radical (unpaired) electrons. The summed E-state index contributed by atoms with van der Waals surface area (Å²) in [4.78, 5) is 10.3. The zero-order valence-corrected chi connectivity index (χ0v) is 11.1. The fourth-order valence-corrected chi connectivity index (χ4v) is 2.22. The molecule has 0 aromatic heterocycles. The van der Waals surface area contributed by atoms with Gasteiger partial charge in [-0.15, -0.1) is 0 Å².